The molecule has 1 aromatic carbocycles. The number of benzene rings is 1. The van der Waals surface area contributed by atoms with E-state index in [4.69, 9.17) is 0 Å². The fourth-order valence-electron chi connectivity index (χ4n) is 1.37. The van der Waals surface area contributed by atoms with E-state index < -0.39 is 0 Å². The summed E-state index contributed by atoms with van der Waals surface area (Å²) in [5.74, 6) is 0. The molecule has 12 heavy (non-hydrogen) atoms. The van der Waals surface area contributed by atoms with E-state index in [0.29, 0.717) is 0 Å². The van der Waals surface area contributed by atoms with Crippen LogP contribution in [0.1, 0.15) is 5.56 Å². The maximum Gasteiger partial charge on any atom is 0.0704 e. The van der Waals surface area contributed by atoms with Crippen LogP contribution in [-0.2, 0) is 6.42 Å². The van der Waals surface area contributed by atoms with Crippen LogP contribution in [-0.4, -0.2) is 4.98 Å². The van der Waals surface area contributed by atoms with Crippen molar-refractivity contribution in [1.29, 1.82) is 0 Å². The molecule has 0 atom stereocenters. The molecule has 0 aliphatic carbocycles. The quantitative estimate of drug-likeness (QED) is 0.618. The van der Waals surface area contributed by atoms with Crippen LogP contribution in [0.4, 0.5) is 0 Å². The van der Waals surface area contributed by atoms with Gasteiger partial charge in [-0.3, -0.25) is 4.98 Å². The molecular formula is C11H10N. The summed E-state index contributed by atoms with van der Waals surface area (Å²) in [6.45, 7) is 3.88. The molecule has 1 heteroatoms. The molecule has 2 aromatic rings. The third kappa shape index (κ3) is 1.07. The Morgan fingerprint density at radius 2 is 2.00 bits per heavy atom. The van der Waals surface area contributed by atoms with Crippen molar-refractivity contribution in [1.82, 2.24) is 4.98 Å². The average molecular weight is 156 g/mol. The predicted octanol–water partition coefficient (Wildman–Crippen LogP) is 2.61. The van der Waals surface area contributed by atoms with Gasteiger partial charge in [-0.05, 0) is 31.0 Å². The Balaban J connectivity index is 2.79. The lowest BCUT2D eigenvalue weighted by Gasteiger charge is -2.01. The Bertz CT molecular complexity index is 388. The summed E-state index contributed by atoms with van der Waals surface area (Å²) in [6, 6.07) is 10.2. The van der Waals surface area contributed by atoms with Crippen LogP contribution in [0.3, 0.4) is 0 Å². The second kappa shape index (κ2) is 2.94. The van der Waals surface area contributed by atoms with Crippen molar-refractivity contribution in [2.24, 2.45) is 0 Å². The van der Waals surface area contributed by atoms with E-state index in [1.54, 1.807) is 0 Å². The van der Waals surface area contributed by atoms with Gasteiger partial charge in [-0.15, -0.1) is 0 Å². The minimum atomic E-state index is 0.822. The van der Waals surface area contributed by atoms with Crippen LogP contribution in [0.15, 0.2) is 36.5 Å². The lowest BCUT2D eigenvalue weighted by atomic mass is 10.1. The van der Waals surface area contributed by atoms with Gasteiger partial charge in [-0.1, -0.05) is 18.2 Å². The highest BCUT2D eigenvalue weighted by Crippen LogP contribution is 2.15. The van der Waals surface area contributed by atoms with E-state index >= 15 is 0 Å². The van der Waals surface area contributed by atoms with E-state index in [1.807, 2.05) is 30.5 Å². The van der Waals surface area contributed by atoms with Gasteiger partial charge in [0.2, 0.25) is 0 Å². The second-order valence-electron chi connectivity index (χ2n) is 2.74. The highest BCUT2D eigenvalue weighted by atomic mass is 14.6. The second-order valence-corrected chi connectivity index (χ2v) is 2.74. The standard InChI is InChI=1S/C11H10N/c1-2-9-7-8-12-11-6-4-3-5-10(9)11/h3-8H,1-2H2. The number of rotatable bonds is 1. The highest BCUT2D eigenvalue weighted by molar-refractivity contribution is 5.81. The zero-order valence-corrected chi connectivity index (χ0v) is 6.83. The Kier molecular flexibility index (Phi) is 1.78. The van der Waals surface area contributed by atoms with Gasteiger partial charge in [-0.25, -0.2) is 0 Å². The zero-order valence-electron chi connectivity index (χ0n) is 6.83. The minimum absolute atomic E-state index is 0.822. The molecule has 1 radical (unpaired) electrons. The zero-order chi connectivity index (χ0) is 8.39. The summed E-state index contributed by atoms with van der Waals surface area (Å²) in [7, 11) is 0. The normalized spacial score (nSPS) is 10.4. The van der Waals surface area contributed by atoms with Crippen LogP contribution in [0.5, 0.6) is 0 Å². The van der Waals surface area contributed by atoms with Gasteiger partial charge in [0.15, 0.2) is 0 Å². The molecule has 0 unspecified atom stereocenters. The smallest absolute Gasteiger partial charge is 0.0704 e. The van der Waals surface area contributed by atoms with Crippen LogP contribution in [0.25, 0.3) is 10.9 Å². The number of hydrogen-bond donors (Lipinski definition) is 0. The molecule has 1 heterocycles. The molecule has 0 aliphatic heterocycles. The topological polar surface area (TPSA) is 12.9 Å². The first-order valence-electron chi connectivity index (χ1n) is 4.03. The van der Waals surface area contributed by atoms with E-state index in [0.717, 1.165) is 11.9 Å². The van der Waals surface area contributed by atoms with Gasteiger partial charge in [0.05, 0.1) is 5.52 Å². The molecule has 1 nitrogen and oxygen atoms in total. The molecule has 0 fully saturated rings. The van der Waals surface area contributed by atoms with Crippen LogP contribution < -0.4 is 0 Å². The molecule has 0 saturated heterocycles. The van der Waals surface area contributed by atoms with Gasteiger partial charge < -0.3 is 0 Å². The number of para-hydroxylation sites is 1. The van der Waals surface area contributed by atoms with Crippen LogP contribution >= 0.6 is 0 Å². The van der Waals surface area contributed by atoms with Crippen molar-refractivity contribution in [2.45, 2.75) is 6.42 Å². The molecule has 59 valence electrons. The maximum absolute atomic E-state index is 4.26. The lowest BCUT2D eigenvalue weighted by Crippen LogP contribution is -1.85. The van der Waals surface area contributed by atoms with Crippen molar-refractivity contribution in [3.63, 3.8) is 0 Å². The SMILES string of the molecule is [CH2]Cc1ccnc2ccccc12. The predicted molar refractivity (Wildman–Crippen MR) is 50.8 cm³/mol. The molecule has 0 saturated carbocycles. The first-order valence-corrected chi connectivity index (χ1v) is 4.03. The number of aromatic nitrogens is 1. The van der Waals surface area contributed by atoms with E-state index in [9.17, 15) is 0 Å². The fourth-order valence-corrected chi connectivity index (χ4v) is 1.37. The Morgan fingerprint density at radius 1 is 1.17 bits per heavy atom. The van der Waals surface area contributed by atoms with Crippen molar-refractivity contribution in [3.8, 4) is 0 Å². The Morgan fingerprint density at radius 3 is 2.83 bits per heavy atom. The van der Waals surface area contributed by atoms with E-state index in [2.05, 4.69) is 18.0 Å². The van der Waals surface area contributed by atoms with Gasteiger partial charge in [0, 0.05) is 11.6 Å². The fraction of sp³-hybridized carbons (Fsp3) is 0.0909. The minimum Gasteiger partial charge on any atom is -0.256 e. The summed E-state index contributed by atoms with van der Waals surface area (Å²) < 4.78 is 0. The van der Waals surface area contributed by atoms with Crippen molar-refractivity contribution in [3.05, 3.63) is 49.0 Å². The van der Waals surface area contributed by atoms with Crippen molar-refractivity contribution in [2.75, 3.05) is 0 Å². The summed E-state index contributed by atoms with van der Waals surface area (Å²) in [6.07, 6.45) is 2.66. The number of hydrogen-bond acceptors (Lipinski definition) is 1. The number of fused-ring (bicyclic) bond motifs is 1. The molecule has 1 aromatic heterocycles. The molecule has 2 rings (SSSR count). The first-order chi connectivity index (χ1) is 5.92. The van der Waals surface area contributed by atoms with Crippen LogP contribution in [0.2, 0.25) is 0 Å². The van der Waals surface area contributed by atoms with Crippen molar-refractivity contribution < 1.29 is 0 Å². The molecule has 0 bridgehead atoms. The van der Waals surface area contributed by atoms with Crippen molar-refractivity contribution >= 4 is 10.9 Å². The molecule has 0 amide bonds. The van der Waals surface area contributed by atoms with Crippen LogP contribution in [0, 0.1) is 6.92 Å². The Hall–Kier alpha value is -1.37. The first kappa shape index (κ1) is 7.29. The Labute approximate surface area is 72.1 Å². The average Bonchev–Trinajstić information content (AvgIpc) is 2.17. The van der Waals surface area contributed by atoms with Gasteiger partial charge in [0.25, 0.3) is 0 Å². The highest BCUT2D eigenvalue weighted by Gasteiger charge is 1.96. The molecule has 0 N–H and O–H groups in total. The molecular weight excluding hydrogens is 146 g/mol. The summed E-state index contributed by atoms with van der Waals surface area (Å²) in [4.78, 5) is 4.26. The van der Waals surface area contributed by atoms with E-state index in [1.165, 1.54) is 10.9 Å². The summed E-state index contributed by atoms with van der Waals surface area (Å²) >= 11 is 0. The summed E-state index contributed by atoms with van der Waals surface area (Å²) in [5, 5.41) is 1.22. The van der Waals surface area contributed by atoms with Gasteiger partial charge in [-0.2, -0.15) is 0 Å². The summed E-state index contributed by atoms with van der Waals surface area (Å²) in [5.41, 5.74) is 2.32. The number of nitrogens with zero attached hydrogens (tertiary/aromatic N) is 1. The lowest BCUT2D eigenvalue weighted by molar-refractivity contribution is 1.27. The molecule has 0 aliphatic rings. The third-order valence-electron chi connectivity index (χ3n) is 2.01. The monoisotopic (exact) mass is 156 g/mol. The van der Waals surface area contributed by atoms with E-state index in [-0.39, 0.29) is 0 Å². The van der Waals surface area contributed by atoms with Gasteiger partial charge in [0.1, 0.15) is 0 Å². The van der Waals surface area contributed by atoms with Gasteiger partial charge >= 0.3 is 0 Å². The maximum atomic E-state index is 4.26. The largest absolute Gasteiger partial charge is 0.256 e. The molecule has 0 spiro atoms. The third-order valence-corrected chi connectivity index (χ3v) is 2.01. The number of pyridine rings is 1.